The Morgan fingerprint density at radius 3 is 2.15 bits per heavy atom. The molecule has 0 fully saturated rings. The van der Waals surface area contributed by atoms with Crippen molar-refractivity contribution in [2.45, 2.75) is 0 Å². The lowest BCUT2D eigenvalue weighted by Crippen LogP contribution is -2.02. The van der Waals surface area contributed by atoms with Gasteiger partial charge in [0.2, 0.25) is 0 Å². The van der Waals surface area contributed by atoms with Crippen LogP contribution in [0.25, 0.3) is 0 Å². The monoisotopic (exact) mass is 266 g/mol. The minimum atomic E-state index is -1.01. The Bertz CT molecular complexity index is 619. The first-order valence-corrected chi connectivity index (χ1v) is 6.11. The second-order valence-electron chi connectivity index (χ2n) is 4.01. The summed E-state index contributed by atoms with van der Waals surface area (Å²) in [7, 11) is 0. The zero-order valence-corrected chi connectivity index (χ0v) is 10.7. The van der Waals surface area contributed by atoms with Crippen molar-refractivity contribution in [1.82, 2.24) is 0 Å². The highest BCUT2D eigenvalue weighted by molar-refractivity contribution is 6.10. The molecule has 0 radical (unpaired) electrons. The summed E-state index contributed by atoms with van der Waals surface area (Å²) in [5.41, 5.74) is 5.14. The minimum Gasteiger partial charge on any atom is -0.478 e. The predicted octanol–water partition coefficient (Wildman–Crippen LogP) is 3.14. The standard InChI is InChI=1S/C16H14N2O2/c19-16(20)12-11-15(13-7-3-1-4-8-13)18-17-14-9-5-2-6-10-14/h1-12,17H,(H,19,20). The number of hydrogen-bond donors (Lipinski definition) is 2. The third-order valence-electron chi connectivity index (χ3n) is 2.53. The topological polar surface area (TPSA) is 61.7 Å². The molecule has 0 aliphatic carbocycles. The number of aliphatic carboxylic acids is 1. The molecule has 100 valence electrons. The summed E-state index contributed by atoms with van der Waals surface area (Å²) in [5.74, 6) is -1.01. The van der Waals surface area contributed by atoms with Gasteiger partial charge in [0.25, 0.3) is 0 Å². The number of allylic oxidation sites excluding steroid dienone is 1. The smallest absolute Gasteiger partial charge is 0.328 e. The predicted molar refractivity (Wildman–Crippen MR) is 79.8 cm³/mol. The lowest BCUT2D eigenvalue weighted by Gasteiger charge is -2.04. The van der Waals surface area contributed by atoms with Gasteiger partial charge in [0.05, 0.1) is 11.4 Å². The van der Waals surface area contributed by atoms with Gasteiger partial charge in [-0.15, -0.1) is 0 Å². The maximum absolute atomic E-state index is 10.6. The van der Waals surface area contributed by atoms with Gasteiger partial charge in [-0.25, -0.2) is 4.79 Å². The number of rotatable bonds is 5. The minimum absolute atomic E-state index is 0.553. The van der Waals surface area contributed by atoms with Crippen LogP contribution in [-0.4, -0.2) is 16.8 Å². The van der Waals surface area contributed by atoms with E-state index in [1.807, 2.05) is 60.7 Å². The SMILES string of the molecule is O=C(O)C=CC(=NNc1ccccc1)c1ccccc1. The summed E-state index contributed by atoms with van der Waals surface area (Å²) in [5, 5.41) is 13.0. The van der Waals surface area contributed by atoms with Crippen LogP contribution in [0.2, 0.25) is 0 Å². The van der Waals surface area contributed by atoms with Crippen molar-refractivity contribution in [3.05, 3.63) is 78.4 Å². The molecule has 0 atom stereocenters. The Morgan fingerprint density at radius 2 is 1.55 bits per heavy atom. The largest absolute Gasteiger partial charge is 0.478 e. The van der Waals surface area contributed by atoms with E-state index in [0.717, 1.165) is 17.3 Å². The van der Waals surface area contributed by atoms with Crippen molar-refractivity contribution in [2.75, 3.05) is 5.43 Å². The lowest BCUT2D eigenvalue weighted by atomic mass is 10.1. The van der Waals surface area contributed by atoms with E-state index in [4.69, 9.17) is 5.11 Å². The summed E-state index contributed by atoms with van der Waals surface area (Å²) < 4.78 is 0. The Hall–Kier alpha value is -2.88. The molecule has 0 unspecified atom stereocenters. The summed E-state index contributed by atoms with van der Waals surface area (Å²) in [4.78, 5) is 10.6. The second-order valence-corrected chi connectivity index (χ2v) is 4.01. The highest BCUT2D eigenvalue weighted by Gasteiger charge is 2.00. The quantitative estimate of drug-likeness (QED) is 0.496. The van der Waals surface area contributed by atoms with Crippen LogP contribution in [0, 0.1) is 0 Å². The van der Waals surface area contributed by atoms with Crippen molar-refractivity contribution >= 4 is 17.4 Å². The van der Waals surface area contributed by atoms with Gasteiger partial charge in [-0.1, -0.05) is 48.5 Å². The summed E-state index contributed by atoms with van der Waals surface area (Å²) in [6.45, 7) is 0. The number of nitrogens with zero attached hydrogens (tertiary/aromatic N) is 1. The van der Waals surface area contributed by atoms with Crippen LogP contribution >= 0.6 is 0 Å². The molecule has 0 saturated carbocycles. The van der Waals surface area contributed by atoms with E-state index in [1.165, 1.54) is 6.08 Å². The molecule has 0 spiro atoms. The first kappa shape index (κ1) is 13.5. The Kier molecular flexibility index (Phi) is 4.67. The number of anilines is 1. The van der Waals surface area contributed by atoms with E-state index >= 15 is 0 Å². The van der Waals surface area contributed by atoms with E-state index in [-0.39, 0.29) is 0 Å². The second kappa shape index (κ2) is 6.89. The van der Waals surface area contributed by atoms with E-state index < -0.39 is 5.97 Å². The van der Waals surface area contributed by atoms with Crippen molar-refractivity contribution in [3.8, 4) is 0 Å². The number of hydrazone groups is 1. The number of carboxylic acid groups (broad SMARTS) is 1. The average molecular weight is 266 g/mol. The molecular weight excluding hydrogens is 252 g/mol. The summed E-state index contributed by atoms with van der Waals surface area (Å²) in [6.07, 6.45) is 2.53. The normalized spacial score (nSPS) is 11.5. The maximum Gasteiger partial charge on any atom is 0.328 e. The fourth-order valence-electron chi connectivity index (χ4n) is 1.59. The Morgan fingerprint density at radius 1 is 0.950 bits per heavy atom. The van der Waals surface area contributed by atoms with Crippen LogP contribution in [0.1, 0.15) is 5.56 Å². The molecule has 2 aromatic carbocycles. The molecule has 0 aromatic heterocycles. The molecule has 20 heavy (non-hydrogen) atoms. The Labute approximate surface area is 117 Å². The van der Waals surface area contributed by atoms with E-state index in [2.05, 4.69) is 10.5 Å². The molecular formula is C16H14N2O2. The molecule has 4 nitrogen and oxygen atoms in total. The van der Waals surface area contributed by atoms with Gasteiger partial charge in [0.1, 0.15) is 0 Å². The number of benzene rings is 2. The van der Waals surface area contributed by atoms with Crippen molar-refractivity contribution in [1.29, 1.82) is 0 Å². The average Bonchev–Trinajstić information content (AvgIpc) is 2.49. The van der Waals surface area contributed by atoms with Gasteiger partial charge < -0.3 is 5.11 Å². The van der Waals surface area contributed by atoms with Crippen LogP contribution in [0.4, 0.5) is 5.69 Å². The number of nitrogens with one attached hydrogen (secondary N) is 1. The van der Waals surface area contributed by atoms with Gasteiger partial charge >= 0.3 is 5.97 Å². The van der Waals surface area contributed by atoms with Crippen molar-refractivity contribution in [3.63, 3.8) is 0 Å². The van der Waals surface area contributed by atoms with Crippen LogP contribution < -0.4 is 5.43 Å². The van der Waals surface area contributed by atoms with E-state index in [0.29, 0.717) is 5.71 Å². The first-order valence-electron chi connectivity index (χ1n) is 6.11. The summed E-state index contributed by atoms with van der Waals surface area (Å²) >= 11 is 0. The zero-order chi connectivity index (χ0) is 14.2. The highest BCUT2D eigenvalue weighted by atomic mass is 16.4. The molecule has 0 bridgehead atoms. The zero-order valence-electron chi connectivity index (χ0n) is 10.7. The summed E-state index contributed by atoms with van der Waals surface area (Å²) in [6, 6.07) is 18.9. The molecule has 2 N–H and O–H groups in total. The van der Waals surface area contributed by atoms with Gasteiger partial charge in [0.15, 0.2) is 0 Å². The highest BCUT2D eigenvalue weighted by Crippen LogP contribution is 2.07. The van der Waals surface area contributed by atoms with Crippen LogP contribution in [0.3, 0.4) is 0 Å². The van der Waals surface area contributed by atoms with Gasteiger partial charge in [-0.2, -0.15) is 5.10 Å². The van der Waals surface area contributed by atoms with Gasteiger partial charge in [-0.05, 0) is 18.2 Å². The molecule has 2 rings (SSSR count). The van der Waals surface area contributed by atoms with Gasteiger partial charge in [0, 0.05) is 11.6 Å². The third kappa shape index (κ3) is 4.10. The molecule has 0 saturated heterocycles. The number of carbonyl (C=O) groups is 1. The fourth-order valence-corrected chi connectivity index (χ4v) is 1.59. The molecule has 0 aliphatic heterocycles. The lowest BCUT2D eigenvalue weighted by molar-refractivity contribution is -0.131. The van der Waals surface area contributed by atoms with E-state index in [9.17, 15) is 4.79 Å². The van der Waals surface area contributed by atoms with Crippen LogP contribution in [-0.2, 0) is 4.79 Å². The molecule has 4 heteroatoms. The molecule has 0 aliphatic rings. The van der Waals surface area contributed by atoms with Crippen molar-refractivity contribution < 1.29 is 9.90 Å². The number of carboxylic acids is 1. The first-order chi connectivity index (χ1) is 9.75. The number of para-hydroxylation sites is 1. The maximum atomic E-state index is 10.6. The molecule has 0 heterocycles. The Balaban J connectivity index is 2.25. The number of hydrogen-bond acceptors (Lipinski definition) is 3. The van der Waals surface area contributed by atoms with Gasteiger partial charge in [-0.3, -0.25) is 5.43 Å². The van der Waals surface area contributed by atoms with Crippen LogP contribution in [0.5, 0.6) is 0 Å². The van der Waals surface area contributed by atoms with E-state index in [1.54, 1.807) is 0 Å². The third-order valence-corrected chi connectivity index (χ3v) is 2.53. The fraction of sp³-hybridized carbons (Fsp3) is 0. The molecule has 0 amide bonds. The molecule has 2 aromatic rings. The van der Waals surface area contributed by atoms with Crippen molar-refractivity contribution in [2.24, 2.45) is 5.10 Å². The van der Waals surface area contributed by atoms with Crippen LogP contribution in [0.15, 0.2) is 77.9 Å².